The zero-order valence-electron chi connectivity index (χ0n) is 40.5. The Labute approximate surface area is 426 Å². The fourth-order valence-corrected chi connectivity index (χ4v) is 12.0. The quantitative estimate of drug-likeness (QED) is 0.137. The smallest absolute Gasteiger partial charge is 0.163 e. The van der Waals surface area contributed by atoms with Gasteiger partial charge in [0.25, 0.3) is 0 Å². The van der Waals surface area contributed by atoms with Crippen molar-refractivity contribution in [2.75, 3.05) is 0 Å². The topological polar surface area (TPSA) is 58.4 Å². The Bertz CT molecular complexity index is 4380. The Morgan fingerprint density at radius 2 is 0.595 bits per heavy atom. The van der Waals surface area contributed by atoms with E-state index in [1.807, 2.05) is 0 Å². The van der Waals surface area contributed by atoms with Crippen LogP contribution < -0.4 is 0 Å². The van der Waals surface area contributed by atoms with E-state index in [4.69, 9.17) is 15.0 Å². The standard InChI is InChI=1S/C67H47N7/c1-4-18-44(19-5-1)45-32-34-46(35-33-45)67-69-61(40-42-71-57-28-14-10-24-49(57)53-36-38-55-51-26-12-16-30-59(51)73(65(55)63(53)71)47-20-6-2-7-21-47)68-62(70-67)41-43-72-58-29-15-11-25-50(58)54-37-39-56-52-27-13-17-31-60(52)74(66(56)64(54)72)48-22-8-3-9-23-48/h1-39H,40-43H2. The first-order valence-corrected chi connectivity index (χ1v) is 25.6. The van der Waals surface area contributed by atoms with Crippen LogP contribution in [-0.4, -0.2) is 33.2 Å². The second-order valence-corrected chi connectivity index (χ2v) is 19.4. The summed E-state index contributed by atoms with van der Waals surface area (Å²) in [5, 5.41) is 9.87. The minimum absolute atomic E-state index is 0.605. The van der Waals surface area contributed by atoms with Crippen LogP contribution in [0, 0.1) is 0 Å². The van der Waals surface area contributed by atoms with Crippen molar-refractivity contribution in [3.63, 3.8) is 0 Å². The van der Waals surface area contributed by atoms with Gasteiger partial charge in [0.05, 0.1) is 33.1 Å². The lowest BCUT2D eigenvalue weighted by molar-refractivity contribution is 0.670. The van der Waals surface area contributed by atoms with Crippen molar-refractivity contribution in [1.82, 2.24) is 33.2 Å². The molecule has 0 fully saturated rings. The van der Waals surface area contributed by atoms with E-state index in [-0.39, 0.29) is 0 Å². The molecule has 0 saturated heterocycles. The summed E-state index contributed by atoms with van der Waals surface area (Å²) in [4.78, 5) is 16.1. The summed E-state index contributed by atoms with van der Waals surface area (Å²) < 4.78 is 9.92. The molecule has 5 aromatic heterocycles. The monoisotopic (exact) mass is 949 g/mol. The highest BCUT2D eigenvalue weighted by atomic mass is 15.1. The van der Waals surface area contributed by atoms with Crippen LogP contribution >= 0.6 is 0 Å². The Balaban J connectivity index is 0.887. The van der Waals surface area contributed by atoms with Gasteiger partial charge in [0.1, 0.15) is 11.6 Å². The van der Waals surface area contributed by atoms with Crippen LogP contribution in [0.15, 0.2) is 237 Å². The molecule has 0 aliphatic heterocycles. The van der Waals surface area contributed by atoms with Gasteiger partial charge in [-0.05, 0) is 59.7 Å². The van der Waals surface area contributed by atoms with Gasteiger partial charge in [-0.2, -0.15) is 0 Å². The molecule has 0 saturated carbocycles. The summed E-state index contributed by atoms with van der Waals surface area (Å²) in [6, 6.07) is 85.2. The van der Waals surface area contributed by atoms with E-state index in [0.717, 1.165) is 34.2 Å². The first-order valence-electron chi connectivity index (χ1n) is 25.6. The van der Waals surface area contributed by atoms with E-state index in [9.17, 15) is 0 Å². The van der Waals surface area contributed by atoms with E-state index in [0.29, 0.717) is 31.8 Å². The molecule has 0 aliphatic carbocycles. The van der Waals surface area contributed by atoms with E-state index >= 15 is 0 Å². The summed E-state index contributed by atoms with van der Waals surface area (Å²) in [6.07, 6.45) is 1.21. The van der Waals surface area contributed by atoms with Crippen molar-refractivity contribution in [3.8, 4) is 33.9 Å². The van der Waals surface area contributed by atoms with Gasteiger partial charge in [-0.25, -0.2) is 15.0 Å². The first-order chi connectivity index (χ1) is 36.7. The number of para-hydroxylation sites is 6. The molecule has 0 N–H and O–H groups in total. The second-order valence-electron chi connectivity index (χ2n) is 19.4. The molecule has 0 amide bonds. The Hall–Kier alpha value is -9.59. The minimum Gasteiger partial charge on any atom is -0.338 e. The van der Waals surface area contributed by atoms with Crippen LogP contribution in [0.3, 0.4) is 0 Å². The largest absolute Gasteiger partial charge is 0.338 e. The molecule has 0 unspecified atom stereocenters. The van der Waals surface area contributed by atoms with Crippen molar-refractivity contribution in [2.24, 2.45) is 0 Å². The molecule has 10 aromatic carbocycles. The highest BCUT2D eigenvalue weighted by Crippen LogP contribution is 2.42. The molecular weight excluding hydrogens is 903 g/mol. The number of hydrogen-bond acceptors (Lipinski definition) is 3. The van der Waals surface area contributed by atoms with E-state index < -0.39 is 0 Å². The van der Waals surface area contributed by atoms with Crippen LogP contribution in [0.2, 0.25) is 0 Å². The normalized spacial score (nSPS) is 12.0. The fourth-order valence-electron chi connectivity index (χ4n) is 12.0. The lowest BCUT2D eigenvalue weighted by Gasteiger charge is -2.14. The molecule has 0 bridgehead atoms. The van der Waals surface area contributed by atoms with Gasteiger partial charge in [-0.15, -0.1) is 0 Å². The van der Waals surface area contributed by atoms with Crippen LogP contribution in [0.5, 0.6) is 0 Å². The SMILES string of the molecule is c1ccc(-c2ccc(-c3nc(CCn4c5ccccc5c5ccc6c7ccccc7n(-c7ccccc7)c6c54)nc(CCn4c5ccccc5c5ccc6c7ccccc7n(-c7ccccc7)c6c54)n3)cc2)cc1. The van der Waals surface area contributed by atoms with Gasteiger partial charge in [-0.1, -0.05) is 188 Å². The minimum atomic E-state index is 0.605. The van der Waals surface area contributed by atoms with Gasteiger partial charge in [-0.3, -0.25) is 0 Å². The molecule has 0 radical (unpaired) electrons. The number of aromatic nitrogens is 7. The highest BCUT2D eigenvalue weighted by molar-refractivity contribution is 6.24. The van der Waals surface area contributed by atoms with Crippen LogP contribution in [0.1, 0.15) is 11.6 Å². The van der Waals surface area contributed by atoms with Crippen LogP contribution in [0.25, 0.3) is 121 Å². The predicted octanol–water partition coefficient (Wildman–Crippen LogP) is 16.1. The van der Waals surface area contributed by atoms with Crippen molar-refractivity contribution >= 4 is 87.2 Å². The lowest BCUT2D eigenvalue weighted by atomic mass is 10.0. The molecule has 5 heterocycles. The molecule has 74 heavy (non-hydrogen) atoms. The average Bonchev–Trinajstić information content (AvgIpc) is 4.23. The number of fused-ring (bicyclic) bond motifs is 14. The van der Waals surface area contributed by atoms with Crippen molar-refractivity contribution in [1.29, 1.82) is 0 Å². The molecule has 15 aromatic rings. The van der Waals surface area contributed by atoms with Crippen LogP contribution in [0.4, 0.5) is 0 Å². The average molecular weight is 950 g/mol. The van der Waals surface area contributed by atoms with E-state index in [1.54, 1.807) is 0 Å². The van der Waals surface area contributed by atoms with Gasteiger partial charge >= 0.3 is 0 Å². The molecule has 7 nitrogen and oxygen atoms in total. The van der Waals surface area contributed by atoms with Crippen LogP contribution in [-0.2, 0) is 25.9 Å². The van der Waals surface area contributed by atoms with E-state index in [2.05, 4.69) is 255 Å². The number of hydrogen-bond donors (Lipinski definition) is 0. The maximum Gasteiger partial charge on any atom is 0.163 e. The number of benzene rings is 10. The van der Waals surface area contributed by atoms with Crippen molar-refractivity contribution in [3.05, 3.63) is 248 Å². The third-order valence-corrected chi connectivity index (χ3v) is 15.3. The van der Waals surface area contributed by atoms with Crippen molar-refractivity contribution < 1.29 is 0 Å². The van der Waals surface area contributed by atoms with Gasteiger partial charge in [0.2, 0.25) is 0 Å². The zero-order valence-corrected chi connectivity index (χ0v) is 40.5. The maximum atomic E-state index is 5.41. The summed E-state index contributed by atoms with van der Waals surface area (Å²) in [5.74, 6) is 2.23. The van der Waals surface area contributed by atoms with Gasteiger partial charge < -0.3 is 18.3 Å². The zero-order chi connectivity index (χ0) is 48.7. The second kappa shape index (κ2) is 17.0. The third-order valence-electron chi connectivity index (χ3n) is 15.3. The third kappa shape index (κ3) is 6.63. The number of rotatable bonds is 10. The Morgan fingerprint density at radius 3 is 1.04 bits per heavy atom. The Kier molecular flexibility index (Phi) is 9.70. The first kappa shape index (κ1) is 42.1. The molecule has 350 valence electrons. The molecule has 0 aliphatic rings. The Morgan fingerprint density at radius 1 is 0.257 bits per heavy atom. The number of nitrogens with zero attached hydrogens (tertiary/aromatic N) is 7. The fraction of sp³-hybridized carbons (Fsp3) is 0.0597. The summed E-state index contributed by atoms with van der Waals surface area (Å²) in [7, 11) is 0. The maximum absolute atomic E-state index is 5.41. The summed E-state index contributed by atoms with van der Waals surface area (Å²) in [6.45, 7) is 1.34. The van der Waals surface area contributed by atoms with E-state index in [1.165, 1.54) is 92.8 Å². The summed E-state index contributed by atoms with van der Waals surface area (Å²) >= 11 is 0. The lowest BCUT2D eigenvalue weighted by Crippen LogP contribution is -2.12. The highest BCUT2D eigenvalue weighted by Gasteiger charge is 2.23. The molecular formula is C67H47N7. The van der Waals surface area contributed by atoms with Crippen molar-refractivity contribution in [2.45, 2.75) is 25.9 Å². The molecule has 0 atom stereocenters. The number of aryl methyl sites for hydroxylation is 4. The predicted molar refractivity (Wildman–Crippen MR) is 306 cm³/mol. The summed E-state index contributed by atoms with van der Waals surface area (Å²) in [5.41, 5.74) is 15.1. The molecule has 15 rings (SSSR count). The van der Waals surface area contributed by atoms with Gasteiger partial charge in [0, 0.05) is 97.0 Å². The molecule has 7 heteroatoms. The van der Waals surface area contributed by atoms with Gasteiger partial charge in [0.15, 0.2) is 5.82 Å². The molecule has 0 spiro atoms.